The van der Waals surface area contributed by atoms with Crippen molar-refractivity contribution in [2.75, 3.05) is 0 Å². The minimum atomic E-state index is -0.304. The van der Waals surface area contributed by atoms with Crippen LogP contribution in [-0.2, 0) is 11.3 Å². The van der Waals surface area contributed by atoms with Crippen molar-refractivity contribution in [2.24, 2.45) is 5.73 Å². The SMILES string of the molecule is CC(C)(CC(N)=O)NCc1ncc[nH]1. The van der Waals surface area contributed by atoms with Crippen LogP contribution in [0.15, 0.2) is 12.4 Å². The second kappa shape index (κ2) is 4.23. The molecule has 1 aromatic rings. The summed E-state index contributed by atoms with van der Waals surface area (Å²) in [4.78, 5) is 17.8. The number of hydrogen-bond donors (Lipinski definition) is 3. The number of rotatable bonds is 5. The molecule has 5 nitrogen and oxygen atoms in total. The normalized spacial score (nSPS) is 11.6. The van der Waals surface area contributed by atoms with Crippen molar-refractivity contribution in [1.82, 2.24) is 15.3 Å². The number of carbonyl (C=O) groups is 1. The predicted molar refractivity (Wildman–Crippen MR) is 53.3 cm³/mol. The molecule has 0 radical (unpaired) electrons. The van der Waals surface area contributed by atoms with Gasteiger partial charge in [0.15, 0.2) is 0 Å². The third-order valence-electron chi connectivity index (χ3n) is 1.91. The van der Waals surface area contributed by atoms with Crippen LogP contribution in [0.1, 0.15) is 26.1 Å². The van der Waals surface area contributed by atoms with Gasteiger partial charge < -0.3 is 16.0 Å². The van der Waals surface area contributed by atoms with Crippen LogP contribution < -0.4 is 11.1 Å². The number of nitrogens with one attached hydrogen (secondary N) is 2. The highest BCUT2D eigenvalue weighted by Gasteiger charge is 2.19. The molecule has 14 heavy (non-hydrogen) atoms. The highest BCUT2D eigenvalue weighted by molar-refractivity contribution is 5.74. The van der Waals surface area contributed by atoms with Crippen molar-refractivity contribution in [3.05, 3.63) is 18.2 Å². The maximum Gasteiger partial charge on any atom is 0.219 e. The van der Waals surface area contributed by atoms with Crippen LogP contribution in [0.2, 0.25) is 0 Å². The van der Waals surface area contributed by atoms with Crippen molar-refractivity contribution in [2.45, 2.75) is 32.4 Å². The van der Waals surface area contributed by atoms with E-state index in [0.29, 0.717) is 13.0 Å². The maximum absolute atomic E-state index is 10.7. The second-order valence-electron chi connectivity index (χ2n) is 3.92. The van der Waals surface area contributed by atoms with E-state index in [1.54, 1.807) is 12.4 Å². The van der Waals surface area contributed by atoms with Crippen LogP contribution in [0.4, 0.5) is 0 Å². The van der Waals surface area contributed by atoms with E-state index in [-0.39, 0.29) is 11.4 Å². The predicted octanol–water partition coefficient (Wildman–Crippen LogP) is 0.153. The van der Waals surface area contributed by atoms with E-state index in [2.05, 4.69) is 15.3 Å². The fourth-order valence-corrected chi connectivity index (χ4v) is 1.22. The van der Waals surface area contributed by atoms with Gasteiger partial charge in [-0.2, -0.15) is 0 Å². The lowest BCUT2D eigenvalue weighted by molar-refractivity contribution is -0.119. The number of primary amides is 1. The molecule has 1 heterocycles. The molecule has 4 N–H and O–H groups in total. The molecule has 0 unspecified atom stereocenters. The first kappa shape index (κ1) is 10.7. The van der Waals surface area contributed by atoms with E-state index in [9.17, 15) is 4.79 Å². The molecular formula is C9H16N4O. The Morgan fingerprint density at radius 3 is 2.93 bits per heavy atom. The van der Waals surface area contributed by atoms with E-state index in [0.717, 1.165) is 5.82 Å². The van der Waals surface area contributed by atoms with Gasteiger partial charge in [0.2, 0.25) is 5.91 Å². The molecule has 5 heteroatoms. The minimum Gasteiger partial charge on any atom is -0.370 e. The number of aromatic amines is 1. The van der Waals surface area contributed by atoms with Gasteiger partial charge in [-0.15, -0.1) is 0 Å². The largest absolute Gasteiger partial charge is 0.370 e. The number of nitrogens with zero attached hydrogens (tertiary/aromatic N) is 1. The molecule has 0 aliphatic rings. The average Bonchev–Trinajstić information content (AvgIpc) is 2.50. The number of imidazole rings is 1. The molecule has 1 amide bonds. The summed E-state index contributed by atoms with van der Waals surface area (Å²) in [7, 11) is 0. The van der Waals surface area contributed by atoms with Crippen LogP contribution >= 0.6 is 0 Å². The number of hydrogen-bond acceptors (Lipinski definition) is 3. The summed E-state index contributed by atoms with van der Waals surface area (Å²) < 4.78 is 0. The molecular weight excluding hydrogens is 180 g/mol. The fourth-order valence-electron chi connectivity index (χ4n) is 1.22. The summed E-state index contributed by atoms with van der Waals surface area (Å²) in [6.07, 6.45) is 3.77. The van der Waals surface area contributed by atoms with E-state index < -0.39 is 0 Å². The van der Waals surface area contributed by atoms with Crippen molar-refractivity contribution in [3.63, 3.8) is 0 Å². The first-order valence-corrected chi connectivity index (χ1v) is 4.51. The highest BCUT2D eigenvalue weighted by Crippen LogP contribution is 2.07. The molecule has 1 aromatic heterocycles. The number of nitrogens with two attached hydrogens (primary N) is 1. The van der Waals surface area contributed by atoms with Crippen LogP contribution in [0.3, 0.4) is 0 Å². The Bertz CT molecular complexity index is 292. The van der Waals surface area contributed by atoms with Gasteiger partial charge in [-0.1, -0.05) is 0 Å². The first-order valence-electron chi connectivity index (χ1n) is 4.51. The van der Waals surface area contributed by atoms with Gasteiger partial charge in [0.25, 0.3) is 0 Å². The number of aromatic nitrogens is 2. The minimum absolute atomic E-state index is 0.293. The van der Waals surface area contributed by atoms with Crippen LogP contribution in [0.5, 0.6) is 0 Å². The summed E-state index contributed by atoms with van der Waals surface area (Å²) in [5, 5.41) is 3.20. The number of H-pyrrole nitrogens is 1. The molecule has 0 spiro atoms. The Kier molecular flexibility index (Phi) is 3.24. The van der Waals surface area contributed by atoms with Crippen molar-refractivity contribution >= 4 is 5.91 Å². The molecule has 1 rings (SSSR count). The molecule has 0 aromatic carbocycles. The zero-order chi connectivity index (χ0) is 10.6. The fraction of sp³-hybridized carbons (Fsp3) is 0.556. The molecule has 0 aliphatic heterocycles. The maximum atomic E-state index is 10.7. The summed E-state index contributed by atoms with van der Waals surface area (Å²) in [5.74, 6) is 0.546. The van der Waals surface area contributed by atoms with Gasteiger partial charge in [0.1, 0.15) is 5.82 Å². The summed E-state index contributed by atoms with van der Waals surface area (Å²) in [6.45, 7) is 4.47. The summed E-state index contributed by atoms with van der Waals surface area (Å²) >= 11 is 0. The zero-order valence-corrected chi connectivity index (χ0v) is 8.50. The van der Waals surface area contributed by atoms with Crippen molar-refractivity contribution in [3.8, 4) is 0 Å². The Balaban J connectivity index is 2.40. The average molecular weight is 196 g/mol. The van der Waals surface area contributed by atoms with Gasteiger partial charge in [0, 0.05) is 24.4 Å². The van der Waals surface area contributed by atoms with Crippen molar-refractivity contribution < 1.29 is 4.79 Å². The molecule has 0 bridgehead atoms. The Hall–Kier alpha value is -1.36. The topological polar surface area (TPSA) is 83.8 Å². The Labute approximate surface area is 83.1 Å². The van der Waals surface area contributed by atoms with E-state index in [1.165, 1.54) is 0 Å². The number of amides is 1. The smallest absolute Gasteiger partial charge is 0.219 e. The monoisotopic (exact) mass is 196 g/mol. The quantitative estimate of drug-likeness (QED) is 0.627. The van der Waals surface area contributed by atoms with Gasteiger partial charge in [-0.05, 0) is 13.8 Å². The van der Waals surface area contributed by atoms with E-state index in [1.807, 2.05) is 13.8 Å². The van der Waals surface area contributed by atoms with Gasteiger partial charge in [0.05, 0.1) is 6.54 Å². The lowest BCUT2D eigenvalue weighted by Crippen LogP contribution is -2.42. The lowest BCUT2D eigenvalue weighted by Gasteiger charge is -2.24. The zero-order valence-electron chi connectivity index (χ0n) is 8.50. The molecule has 78 valence electrons. The lowest BCUT2D eigenvalue weighted by atomic mass is 10.0. The third-order valence-corrected chi connectivity index (χ3v) is 1.91. The van der Waals surface area contributed by atoms with Crippen LogP contribution in [-0.4, -0.2) is 21.4 Å². The van der Waals surface area contributed by atoms with E-state index in [4.69, 9.17) is 5.73 Å². The molecule has 0 saturated carbocycles. The Morgan fingerprint density at radius 2 is 2.43 bits per heavy atom. The number of carbonyl (C=O) groups excluding carboxylic acids is 1. The van der Waals surface area contributed by atoms with Crippen LogP contribution in [0.25, 0.3) is 0 Å². The van der Waals surface area contributed by atoms with Gasteiger partial charge in [-0.25, -0.2) is 4.98 Å². The van der Waals surface area contributed by atoms with E-state index >= 15 is 0 Å². The van der Waals surface area contributed by atoms with Crippen LogP contribution in [0, 0.1) is 0 Å². The molecule has 0 saturated heterocycles. The van der Waals surface area contributed by atoms with Crippen molar-refractivity contribution in [1.29, 1.82) is 0 Å². The third kappa shape index (κ3) is 3.57. The Morgan fingerprint density at radius 1 is 1.71 bits per heavy atom. The van der Waals surface area contributed by atoms with Gasteiger partial charge in [-0.3, -0.25) is 4.79 Å². The second-order valence-corrected chi connectivity index (χ2v) is 3.92. The first-order chi connectivity index (χ1) is 6.49. The standard InChI is InChI=1S/C9H16N4O/c1-9(2,5-7(10)14)13-6-8-11-3-4-12-8/h3-4,13H,5-6H2,1-2H3,(H2,10,14)(H,11,12). The molecule has 0 atom stereocenters. The summed E-state index contributed by atoms with van der Waals surface area (Å²) in [6, 6.07) is 0. The highest BCUT2D eigenvalue weighted by atomic mass is 16.1. The molecule has 0 aliphatic carbocycles. The molecule has 0 fully saturated rings. The summed E-state index contributed by atoms with van der Waals surface area (Å²) in [5.41, 5.74) is 4.83. The van der Waals surface area contributed by atoms with Gasteiger partial charge >= 0.3 is 0 Å².